The van der Waals surface area contributed by atoms with Crippen molar-refractivity contribution in [3.05, 3.63) is 63.0 Å². The van der Waals surface area contributed by atoms with Crippen molar-refractivity contribution >= 4 is 40.7 Å². The van der Waals surface area contributed by atoms with Gasteiger partial charge in [-0.15, -0.1) is 0 Å². The number of rotatable bonds is 4. The predicted molar refractivity (Wildman–Crippen MR) is 134 cm³/mol. The van der Waals surface area contributed by atoms with Crippen molar-refractivity contribution < 1.29 is 4.92 Å². The monoisotopic (exact) mass is 507 g/mol. The van der Waals surface area contributed by atoms with E-state index in [0.29, 0.717) is 13.0 Å². The molecule has 4 aliphatic rings. The number of fused-ring (bicyclic) bond motifs is 5. The van der Waals surface area contributed by atoms with Gasteiger partial charge in [-0.2, -0.15) is 0 Å². The number of nitrogens with zero attached hydrogens (tertiary/aromatic N) is 4. The number of aromatic nitrogens is 1. The number of benzene rings is 3. The van der Waals surface area contributed by atoms with Crippen LogP contribution in [0.3, 0.4) is 0 Å². The van der Waals surface area contributed by atoms with Gasteiger partial charge in [0.15, 0.2) is 0 Å². The molecule has 0 unspecified atom stereocenters. The third-order valence-electron chi connectivity index (χ3n) is 7.10. The SMILES string of the molecule is C[N+](CCC[N+](=O)[O-])=c1cc2[se]c3c4c5c(cc3nc-2c2ccccc12)CCCN5CCC4. The van der Waals surface area contributed by atoms with E-state index in [0.717, 1.165) is 23.9 Å². The van der Waals surface area contributed by atoms with E-state index in [1.807, 2.05) is 7.05 Å². The molecule has 0 saturated heterocycles. The first-order valence-corrected chi connectivity index (χ1v) is 13.5. The van der Waals surface area contributed by atoms with Gasteiger partial charge in [-0.1, -0.05) is 0 Å². The standard InChI is InChI=1S/C26H27N4O2Se/c1-28(11-6-14-30(31)32)22-16-23-24(19-9-3-2-8-18(19)22)27-21-15-17-7-4-12-29-13-5-10-20(25(17)29)26(21)33-23/h2-3,8-9,15-16H,4-7,10-14H2,1H3/q+1. The Balaban J connectivity index is 1.62. The molecule has 3 heterocycles. The van der Waals surface area contributed by atoms with Crippen molar-refractivity contribution in [3.8, 4) is 10.1 Å². The topological polar surface area (TPSA) is 62.3 Å². The minimum absolute atomic E-state index is 0.00479. The Hall–Kier alpha value is -2.76. The van der Waals surface area contributed by atoms with Gasteiger partial charge in [0.2, 0.25) is 0 Å². The predicted octanol–water partition coefficient (Wildman–Crippen LogP) is 3.32. The summed E-state index contributed by atoms with van der Waals surface area (Å²) in [5.41, 5.74) is 6.87. The average Bonchev–Trinajstić information content (AvgIpc) is 2.83. The number of anilines is 1. The summed E-state index contributed by atoms with van der Waals surface area (Å²) in [6.45, 7) is 3.04. The van der Waals surface area contributed by atoms with Gasteiger partial charge >= 0.3 is 199 Å². The summed E-state index contributed by atoms with van der Waals surface area (Å²) in [7, 11) is 2.05. The molecule has 0 amide bonds. The molecule has 0 bridgehead atoms. The molecule has 0 atom stereocenters. The van der Waals surface area contributed by atoms with Crippen LogP contribution in [0.4, 0.5) is 5.69 Å². The van der Waals surface area contributed by atoms with Crippen molar-refractivity contribution in [2.45, 2.75) is 32.1 Å². The van der Waals surface area contributed by atoms with Gasteiger partial charge in [0, 0.05) is 0 Å². The van der Waals surface area contributed by atoms with Crippen molar-refractivity contribution in [3.63, 3.8) is 0 Å². The molecule has 6 nitrogen and oxygen atoms in total. The number of nitro groups is 1. The van der Waals surface area contributed by atoms with Crippen LogP contribution < -0.4 is 14.8 Å². The summed E-state index contributed by atoms with van der Waals surface area (Å²) in [5.74, 6) is 0. The Morgan fingerprint density at radius 3 is 2.70 bits per heavy atom. The normalized spacial score (nSPS) is 16.3. The Bertz CT molecular complexity index is 1460. The van der Waals surface area contributed by atoms with Crippen LogP contribution in [0.1, 0.15) is 30.4 Å². The van der Waals surface area contributed by atoms with Gasteiger partial charge in [-0.05, 0) is 0 Å². The van der Waals surface area contributed by atoms with Gasteiger partial charge in [-0.3, -0.25) is 0 Å². The molecular formula is C26H27N4O2Se+. The summed E-state index contributed by atoms with van der Waals surface area (Å²) < 4.78 is 4.97. The molecular weight excluding hydrogens is 479 g/mol. The van der Waals surface area contributed by atoms with E-state index in [4.69, 9.17) is 4.98 Å². The Morgan fingerprint density at radius 1 is 1.09 bits per heavy atom. The van der Waals surface area contributed by atoms with E-state index in [1.165, 1.54) is 62.2 Å². The van der Waals surface area contributed by atoms with E-state index >= 15 is 0 Å². The summed E-state index contributed by atoms with van der Waals surface area (Å²) in [6.07, 6.45) is 5.33. The quantitative estimate of drug-likeness (QED) is 0.106. The van der Waals surface area contributed by atoms with Crippen molar-refractivity contribution in [2.75, 3.05) is 38.1 Å². The molecule has 0 spiro atoms. The zero-order valence-electron chi connectivity index (χ0n) is 18.8. The third-order valence-corrected chi connectivity index (χ3v) is 9.60. The first kappa shape index (κ1) is 20.8. The van der Waals surface area contributed by atoms with E-state index < -0.39 is 0 Å². The molecule has 0 N–H and O–H groups in total. The zero-order chi connectivity index (χ0) is 22.5. The maximum absolute atomic E-state index is 10.8. The zero-order valence-corrected chi connectivity index (χ0v) is 20.6. The Labute approximate surface area is 198 Å². The molecule has 6 rings (SSSR count). The first-order chi connectivity index (χ1) is 16.1. The molecule has 0 aromatic heterocycles. The molecule has 7 heteroatoms. The van der Waals surface area contributed by atoms with Gasteiger partial charge in [0.25, 0.3) is 0 Å². The summed E-state index contributed by atoms with van der Waals surface area (Å²) in [6, 6.07) is 13.2. The van der Waals surface area contributed by atoms with E-state index in [9.17, 15) is 10.1 Å². The number of hydrogen-bond acceptors (Lipinski definition) is 4. The van der Waals surface area contributed by atoms with Gasteiger partial charge in [-0.25, -0.2) is 0 Å². The van der Waals surface area contributed by atoms with Crippen molar-refractivity contribution in [1.29, 1.82) is 0 Å². The molecule has 168 valence electrons. The van der Waals surface area contributed by atoms with Gasteiger partial charge < -0.3 is 0 Å². The Kier molecular flexibility index (Phi) is 5.19. The molecule has 0 radical (unpaired) electrons. The average molecular weight is 506 g/mol. The fourth-order valence-electron chi connectivity index (χ4n) is 5.62. The number of aryl methyl sites for hydroxylation is 2. The van der Waals surface area contributed by atoms with Crippen LogP contribution in [0.15, 0.2) is 36.4 Å². The molecule has 3 aliphatic heterocycles. The van der Waals surface area contributed by atoms with Crippen LogP contribution in [0.25, 0.3) is 30.7 Å². The second kappa shape index (κ2) is 8.23. The van der Waals surface area contributed by atoms with Crippen molar-refractivity contribution in [1.82, 2.24) is 9.56 Å². The Morgan fingerprint density at radius 2 is 1.88 bits per heavy atom. The van der Waals surface area contributed by atoms with E-state index in [2.05, 4.69) is 45.9 Å². The van der Waals surface area contributed by atoms with E-state index in [1.54, 1.807) is 5.56 Å². The summed E-state index contributed by atoms with van der Waals surface area (Å²) >= 11 is 0.192. The van der Waals surface area contributed by atoms with E-state index in [-0.39, 0.29) is 26.0 Å². The fourth-order valence-corrected chi connectivity index (χ4v) is 8.09. The first-order valence-electron chi connectivity index (χ1n) is 11.8. The van der Waals surface area contributed by atoms with Crippen LogP contribution in [0.2, 0.25) is 0 Å². The molecule has 33 heavy (non-hydrogen) atoms. The van der Waals surface area contributed by atoms with Crippen LogP contribution in [-0.2, 0) is 12.8 Å². The van der Waals surface area contributed by atoms with Gasteiger partial charge in [0.1, 0.15) is 0 Å². The maximum atomic E-state index is 10.8. The molecule has 1 aliphatic carbocycles. The molecule has 2 aromatic rings. The van der Waals surface area contributed by atoms with Crippen LogP contribution in [0, 0.1) is 10.1 Å². The van der Waals surface area contributed by atoms with Crippen LogP contribution in [-0.4, -0.2) is 57.6 Å². The minimum atomic E-state index is -0.229. The van der Waals surface area contributed by atoms with Crippen LogP contribution in [0.5, 0.6) is 0 Å². The number of hydrogen-bond donors (Lipinski definition) is 0. The molecule has 2 aromatic carbocycles. The van der Waals surface area contributed by atoms with Crippen molar-refractivity contribution in [2.24, 2.45) is 0 Å². The fraction of sp³-hybridized carbons (Fsp3) is 0.385. The summed E-state index contributed by atoms with van der Waals surface area (Å²) in [5, 5.41) is 14.3. The molecule has 0 saturated carbocycles. The second-order valence-corrected chi connectivity index (χ2v) is 11.4. The molecule has 0 fully saturated rings. The van der Waals surface area contributed by atoms with Crippen LogP contribution >= 0.6 is 0 Å². The third kappa shape index (κ3) is 3.54. The second-order valence-electron chi connectivity index (χ2n) is 9.24. The summed E-state index contributed by atoms with van der Waals surface area (Å²) in [4.78, 5) is 18.5. The van der Waals surface area contributed by atoms with Gasteiger partial charge in [0.05, 0.1) is 0 Å².